The van der Waals surface area contributed by atoms with Crippen LogP contribution in [0.3, 0.4) is 0 Å². The van der Waals surface area contributed by atoms with Gasteiger partial charge in [-0.2, -0.15) is 19.6 Å². The van der Waals surface area contributed by atoms with E-state index in [0.29, 0.717) is 34.5 Å². The number of carbonyl (C=O) groups is 1. The van der Waals surface area contributed by atoms with Crippen LogP contribution in [0, 0.1) is 0 Å². The van der Waals surface area contributed by atoms with E-state index >= 15 is 0 Å². The highest BCUT2D eigenvalue weighted by atomic mass is 16.3. The van der Waals surface area contributed by atoms with Gasteiger partial charge in [0.2, 0.25) is 11.8 Å². The van der Waals surface area contributed by atoms with E-state index < -0.39 is 5.69 Å². The summed E-state index contributed by atoms with van der Waals surface area (Å²) < 4.78 is 1.53. The molecule has 3 aromatic heterocycles. The lowest BCUT2D eigenvalue weighted by Gasteiger charge is -2.07. The number of carbonyl (C=O) groups excluding carboxylic acids is 1. The van der Waals surface area contributed by atoms with Crippen molar-refractivity contribution in [3.8, 4) is 5.88 Å². The van der Waals surface area contributed by atoms with Crippen LogP contribution >= 0.6 is 0 Å². The Hall–Kier alpha value is -4.48. The zero-order valence-corrected chi connectivity index (χ0v) is 17.7. The summed E-state index contributed by atoms with van der Waals surface area (Å²) in [7, 11) is 1.59. The number of fused-ring (bicyclic) bond motifs is 1. The lowest BCUT2D eigenvalue weighted by atomic mass is 10.1. The molecule has 0 unspecified atom stereocenters. The average Bonchev–Trinajstić information content (AvgIpc) is 3.45. The van der Waals surface area contributed by atoms with Crippen molar-refractivity contribution in [1.82, 2.24) is 34.9 Å². The Morgan fingerprint density at radius 3 is 2.91 bits per heavy atom. The number of amides is 1. The van der Waals surface area contributed by atoms with Crippen molar-refractivity contribution in [3.05, 3.63) is 68.6 Å². The minimum Gasteiger partial charge on any atom is -0.493 e. The molecule has 168 valence electrons. The van der Waals surface area contributed by atoms with Crippen molar-refractivity contribution < 1.29 is 9.90 Å². The van der Waals surface area contributed by atoms with Gasteiger partial charge in [-0.3, -0.25) is 9.78 Å². The summed E-state index contributed by atoms with van der Waals surface area (Å²) in [6, 6.07) is 7.46. The van der Waals surface area contributed by atoms with Gasteiger partial charge in [0.05, 0.1) is 12.2 Å². The average molecular weight is 447 g/mol. The molecule has 1 aliphatic carbocycles. The molecule has 1 saturated carbocycles. The molecule has 1 amide bonds. The van der Waals surface area contributed by atoms with E-state index in [1.807, 2.05) is 12.1 Å². The van der Waals surface area contributed by atoms with Gasteiger partial charge in [0.15, 0.2) is 5.65 Å². The number of hydrogen-bond acceptors (Lipinski definition) is 8. The number of nitrogens with zero attached hydrogens (tertiary/aromatic N) is 5. The molecule has 0 spiro atoms. The second-order valence-corrected chi connectivity index (χ2v) is 7.66. The van der Waals surface area contributed by atoms with Crippen LogP contribution in [0.4, 0.5) is 5.95 Å². The number of H-pyrrole nitrogens is 2. The Kier molecular flexibility index (Phi) is 5.09. The van der Waals surface area contributed by atoms with Gasteiger partial charge < -0.3 is 20.7 Å². The summed E-state index contributed by atoms with van der Waals surface area (Å²) in [6.45, 7) is 0.392. The molecule has 12 nitrogen and oxygen atoms in total. The molecule has 0 saturated heterocycles. The summed E-state index contributed by atoms with van der Waals surface area (Å²) >= 11 is 0. The predicted molar refractivity (Wildman–Crippen MR) is 118 cm³/mol. The monoisotopic (exact) mass is 447 g/mol. The standard InChI is InChI=1S/C21H21N9O3/c1-22-17(31)12-4-2-3-11(7-12)9-23-19-27-16-13(8-15-18(32)28-21(33)26-15)10-24-30(16)20(29-19)25-14-5-6-14/h2-4,7-8,10,14,32H,5-6,9H2,1H3,(H,22,31)(H,23,25,29)(H2,26,28,33)/b13-8+. The molecule has 5 rings (SSSR count). The summed E-state index contributed by atoms with van der Waals surface area (Å²) in [5.74, 6) is -0.0923. The number of aromatic amines is 2. The molecular weight excluding hydrogens is 426 g/mol. The molecule has 5 N–H and O–H groups in total. The van der Waals surface area contributed by atoms with Gasteiger partial charge >= 0.3 is 5.69 Å². The lowest BCUT2D eigenvalue weighted by Crippen LogP contribution is -2.24. The van der Waals surface area contributed by atoms with Gasteiger partial charge in [-0.1, -0.05) is 12.1 Å². The van der Waals surface area contributed by atoms with Gasteiger partial charge in [-0.25, -0.2) is 9.79 Å². The lowest BCUT2D eigenvalue weighted by molar-refractivity contribution is 0.0963. The molecule has 4 aromatic rings. The number of rotatable bonds is 6. The Morgan fingerprint density at radius 1 is 1.33 bits per heavy atom. The topological polar surface area (TPSA) is 165 Å². The zero-order chi connectivity index (χ0) is 22.9. The number of aromatic nitrogens is 6. The van der Waals surface area contributed by atoms with Crippen molar-refractivity contribution in [2.45, 2.75) is 25.4 Å². The van der Waals surface area contributed by atoms with Gasteiger partial charge in [-0.15, -0.1) is 0 Å². The van der Waals surface area contributed by atoms with Gasteiger partial charge in [0.25, 0.3) is 11.5 Å². The van der Waals surface area contributed by atoms with Crippen LogP contribution in [0.1, 0.15) is 34.5 Å². The van der Waals surface area contributed by atoms with Crippen LogP contribution < -0.4 is 27.2 Å². The SMILES string of the molecule is CNC(=O)c1cccc(CNc2nc(=NC3CC3)n3nc/c(=C\c4[nH]c(=O)[nH]c4O)c3n2)c1. The number of nitrogens with one attached hydrogen (secondary N) is 4. The van der Waals surface area contributed by atoms with Gasteiger partial charge in [0.1, 0.15) is 5.69 Å². The largest absolute Gasteiger partial charge is 0.493 e. The third-order valence-electron chi connectivity index (χ3n) is 5.13. The van der Waals surface area contributed by atoms with E-state index in [2.05, 4.69) is 40.7 Å². The Balaban J connectivity index is 1.53. The first-order valence-corrected chi connectivity index (χ1v) is 10.4. The second kappa shape index (κ2) is 8.22. The number of benzene rings is 1. The van der Waals surface area contributed by atoms with Crippen molar-refractivity contribution in [2.24, 2.45) is 4.99 Å². The molecular formula is C21H21N9O3. The molecule has 0 atom stereocenters. The van der Waals surface area contributed by atoms with Gasteiger partial charge in [0, 0.05) is 24.4 Å². The summed E-state index contributed by atoms with van der Waals surface area (Å²) in [5, 5.41) is 20.6. The van der Waals surface area contributed by atoms with E-state index in [4.69, 9.17) is 0 Å². The third kappa shape index (κ3) is 4.31. The first-order valence-electron chi connectivity index (χ1n) is 10.4. The molecule has 0 aliphatic heterocycles. The van der Waals surface area contributed by atoms with Crippen LogP contribution in [-0.2, 0) is 6.54 Å². The van der Waals surface area contributed by atoms with E-state index in [-0.39, 0.29) is 23.5 Å². The van der Waals surface area contributed by atoms with E-state index in [0.717, 1.165) is 18.4 Å². The Labute approximate surface area is 186 Å². The van der Waals surface area contributed by atoms with Crippen LogP contribution in [-0.4, -0.2) is 53.7 Å². The highest BCUT2D eigenvalue weighted by Crippen LogP contribution is 2.22. The summed E-state index contributed by atoms with van der Waals surface area (Å²) in [4.78, 5) is 41.9. The number of aromatic hydroxyl groups is 1. The second-order valence-electron chi connectivity index (χ2n) is 7.66. The third-order valence-corrected chi connectivity index (χ3v) is 5.13. The smallest absolute Gasteiger partial charge is 0.326 e. The molecule has 1 fully saturated rings. The zero-order valence-electron chi connectivity index (χ0n) is 17.7. The molecule has 3 heterocycles. The van der Waals surface area contributed by atoms with Crippen LogP contribution in [0.5, 0.6) is 5.88 Å². The summed E-state index contributed by atoms with van der Waals surface area (Å²) in [5.41, 5.74) is 2.02. The predicted octanol–water partition coefficient (Wildman–Crippen LogP) is -0.571. The normalized spacial score (nSPS) is 14.7. The quantitative estimate of drug-likeness (QED) is 0.264. The first-order chi connectivity index (χ1) is 16.0. The Bertz CT molecular complexity index is 1530. The van der Waals surface area contributed by atoms with Crippen LogP contribution in [0.15, 0.2) is 40.2 Å². The highest BCUT2D eigenvalue weighted by Gasteiger charge is 2.21. The molecule has 12 heteroatoms. The molecule has 1 aliphatic rings. The van der Waals surface area contributed by atoms with Crippen molar-refractivity contribution in [2.75, 3.05) is 12.4 Å². The maximum atomic E-state index is 11.9. The molecule has 1 aromatic carbocycles. The van der Waals surface area contributed by atoms with Crippen molar-refractivity contribution in [3.63, 3.8) is 0 Å². The number of anilines is 1. The first kappa shape index (κ1) is 20.4. The van der Waals surface area contributed by atoms with E-state index in [1.54, 1.807) is 31.5 Å². The van der Waals surface area contributed by atoms with Crippen LogP contribution in [0.25, 0.3) is 11.7 Å². The summed E-state index contributed by atoms with van der Waals surface area (Å²) in [6.07, 6.45) is 5.13. The Morgan fingerprint density at radius 2 is 2.18 bits per heavy atom. The highest BCUT2D eigenvalue weighted by molar-refractivity contribution is 5.94. The minimum absolute atomic E-state index is 0.162. The minimum atomic E-state index is -0.518. The van der Waals surface area contributed by atoms with Gasteiger partial charge in [-0.05, 0) is 36.6 Å². The number of imidazole rings is 1. The molecule has 33 heavy (non-hydrogen) atoms. The van der Waals surface area contributed by atoms with Crippen molar-refractivity contribution >= 4 is 23.6 Å². The maximum absolute atomic E-state index is 11.9. The molecule has 0 radical (unpaired) electrons. The number of hydrogen-bond donors (Lipinski definition) is 5. The fourth-order valence-electron chi connectivity index (χ4n) is 3.31. The fourth-order valence-corrected chi connectivity index (χ4v) is 3.31. The fraction of sp³-hybridized carbons (Fsp3) is 0.238. The van der Waals surface area contributed by atoms with Crippen LogP contribution in [0.2, 0.25) is 0 Å². The van der Waals surface area contributed by atoms with E-state index in [1.165, 1.54) is 4.52 Å². The molecule has 0 bridgehead atoms. The van der Waals surface area contributed by atoms with E-state index in [9.17, 15) is 14.7 Å². The van der Waals surface area contributed by atoms with Crippen molar-refractivity contribution in [1.29, 1.82) is 0 Å². The maximum Gasteiger partial charge on any atom is 0.326 e.